The minimum atomic E-state index is -2.16. The number of carbonyl (C=O) groups is 2. The van der Waals surface area contributed by atoms with Gasteiger partial charge in [0.25, 0.3) is 5.91 Å². The average molecular weight is 411 g/mol. The van der Waals surface area contributed by atoms with E-state index >= 15 is 0 Å². The fourth-order valence-electron chi connectivity index (χ4n) is 2.04. The minimum absolute atomic E-state index is 0.0935. The van der Waals surface area contributed by atoms with Gasteiger partial charge in [-0.15, -0.1) is 0 Å². The highest BCUT2D eigenvalue weighted by Crippen LogP contribution is 2.31. The Morgan fingerprint density at radius 2 is 2.04 bits per heavy atom. The average Bonchev–Trinajstić information content (AvgIpc) is 2.97. The minimum Gasteiger partial charge on any atom is -0.456 e. The van der Waals surface area contributed by atoms with Crippen molar-refractivity contribution < 1.29 is 39.0 Å². The Labute approximate surface area is 162 Å². The Hall–Kier alpha value is -2.66. The molecule has 150 valence electrons. The fraction of sp³-hybridized carbons (Fsp3) is 0.188. The summed E-state index contributed by atoms with van der Waals surface area (Å²) < 4.78 is 14.8. The largest absolute Gasteiger partial charge is 0.456 e. The lowest BCUT2D eigenvalue weighted by Gasteiger charge is -2.15. The number of hydrogen-bond donors (Lipinski definition) is 3. The number of amides is 3. The molecule has 1 aliphatic rings. The third-order valence-corrected chi connectivity index (χ3v) is 4.12. The third-order valence-electron chi connectivity index (χ3n) is 3.47. The number of benzene rings is 1. The Morgan fingerprint density at radius 1 is 1.36 bits per heavy atom. The molecule has 1 aliphatic heterocycles. The quantitative estimate of drug-likeness (QED) is 0.130. The lowest BCUT2D eigenvalue weighted by molar-refractivity contribution is -0.825. The Kier molecular flexibility index (Phi) is 7.76. The summed E-state index contributed by atoms with van der Waals surface area (Å²) in [5, 5.41) is 13.7. The second-order valence-electron chi connectivity index (χ2n) is 5.33. The highest BCUT2D eigenvalue weighted by atomic mass is 31.2. The van der Waals surface area contributed by atoms with Crippen molar-refractivity contribution in [2.24, 2.45) is 5.10 Å². The number of hydrogen-bond acceptors (Lipinski definition) is 8. The van der Waals surface area contributed by atoms with Crippen LogP contribution in [0.5, 0.6) is 0 Å². The lowest BCUT2D eigenvalue weighted by Crippen LogP contribution is -2.73. The Morgan fingerprint density at radius 3 is 2.64 bits per heavy atom. The van der Waals surface area contributed by atoms with Gasteiger partial charge in [-0.25, -0.2) is 19.9 Å². The highest BCUT2D eigenvalue weighted by Gasteiger charge is 2.36. The molecule has 1 atom stereocenters. The van der Waals surface area contributed by atoms with Gasteiger partial charge >= 0.3 is 14.6 Å². The molecule has 0 saturated carbocycles. The van der Waals surface area contributed by atoms with Crippen LogP contribution < -0.4 is 5.48 Å². The maximum atomic E-state index is 12.1. The second-order valence-corrected chi connectivity index (χ2v) is 6.43. The van der Waals surface area contributed by atoms with Crippen LogP contribution in [0, 0.1) is 0 Å². The number of ether oxygens (including phenoxy) is 1. The van der Waals surface area contributed by atoms with Gasteiger partial charge in [0, 0.05) is 24.8 Å². The van der Waals surface area contributed by atoms with E-state index < -0.39 is 27.3 Å². The van der Waals surface area contributed by atoms with Crippen LogP contribution in [-0.2, 0) is 18.6 Å². The van der Waals surface area contributed by atoms with E-state index in [1.807, 2.05) is 0 Å². The number of nitrogens with two attached hydrogens (primary N) is 1. The van der Waals surface area contributed by atoms with Crippen molar-refractivity contribution in [3.63, 3.8) is 0 Å². The highest BCUT2D eigenvalue weighted by molar-refractivity contribution is 7.40. The molecule has 1 unspecified atom stereocenters. The van der Waals surface area contributed by atoms with E-state index in [9.17, 15) is 14.5 Å². The van der Waals surface area contributed by atoms with Gasteiger partial charge in [0.1, 0.15) is 24.8 Å². The smallest absolute Gasteiger partial charge is 0.349 e. The van der Waals surface area contributed by atoms with Crippen molar-refractivity contribution in [2.45, 2.75) is 0 Å². The van der Waals surface area contributed by atoms with Crippen molar-refractivity contribution in [2.75, 3.05) is 20.4 Å². The molecule has 1 fully saturated rings. The van der Waals surface area contributed by atoms with Gasteiger partial charge in [-0.1, -0.05) is 13.2 Å². The van der Waals surface area contributed by atoms with Crippen molar-refractivity contribution in [1.82, 2.24) is 9.91 Å². The summed E-state index contributed by atoms with van der Waals surface area (Å²) in [6, 6.07) is 6.03. The molecule has 0 spiro atoms. The summed E-state index contributed by atoms with van der Waals surface area (Å²) in [7, 11) is -0.932. The number of rotatable bonds is 10. The van der Waals surface area contributed by atoms with Crippen LogP contribution in [0.1, 0.15) is 5.56 Å². The van der Waals surface area contributed by atoms with Crippen LogP contribution in [0.4, 0.5) is 10.5 Å². The normalized spacial score (nSPS) is 15.4. The number of allylic oxidation sites excluding steroid dienone is 1. The van der Waals surface area contributed by atoms with E-state index in [1.54, 1.807) is 24.3 Å². The summed E-state index contributed by atoms with van der Waals surface area (Å²) in [6.45, 7) is 6.70. The van der Waals surface area contributed by atoms with Gasteiger partial charge in [0.15, 0.2) is 5.69 Å². The molecule has 0 bridgehead atoms. The van der Waals surface area contributed by atoms with Gasteiger partial charge in [-0.3, -0.25) is 9.32 Å². The first kappa shape index (κ1) is 21.6. The molecule has 1 saturated heterocycles. The van der Waals surface area contributed by atoms with Crippen molar-refractivity contribution >= 4 is 38.2 Å². The molecule has 0 aliphatic carbocycles. The number of nitrogens with zero attached hydrogens (tertiary/aromatic N) is 3. The summed E-state index contributed by atoms with van der Waals surface area (Å²) >= 11 is 0. The molecule has 0 radical (unpaired) electrons. The first-order chi connectivity index (χ1) is 13.3. The van der Waals surface area contributed by atoms with Crippen LogP contribution in [0.2, 0.25) is 0 Å². The maximum absolute atomic E-state index is 12.1. The van der Waals surface area contributed by atoms with E-state index in [4.69, 9.17) is 14.5 Å². The standard InChI is InChI=1S/C16H19N4O7P/c1-11(27-12(2)13-4-6-14(18-23)7-5-13)8-17-20-9-15(21)19(16(20)22)10-26-28(24)25-3/h4-8,18,23-24H,1-2,9-10H2,3H3/p+1/b17-8+. The van der Waals surface area contributed by atoms with E-state index in [1.165, 1.54) is 13.3 Å². The lowest BCUT2D eigenvalue weighted by atomic mass is 10.2. The molecule has 1 aromatic rings. The number of carbonyl (C=O) groups excluding carboxylic acids is 2. The molecule has 4 N–H and O–H groups in total. The first-order valence-electron chi connectivity index (χ1n) is 7.81. The van der Waals surface area contributed by atoms with Gasteiger partial charge in [-0.05, 0) is 12.1 Å². The van der Waals surface area contributed by atoms with Crippen molar-refractivity contribution in [1.29, 1.82) is 0 Å². The maximum Gasteiger partial charge on any atom is 0.349 e. The molecule has 28 heavy (non-hydrogen) atoms. The summed E-state index contributed by atoms with van der Waals surface area (Å²) in [5.41, 5.74) is 2.26. The van der Waals surface area contributed by atoms with Gasteiger partial charge < -0.3 is 14.2 Å². The monoisotopic (exact) mass is 411 g/mol. The SMILES string of the molecule is C=C(/C=N/N1CC(=O)N(COP(O)OC)C1=O)OC(=C)c1ccc([NH2+]O)cc1. The van der Waals surface area contributed by atoms with Crippen molar-refractivity contribution in [3.8, 4) is 0 Å². The number of quaternary nitrogens is 1. The Balaban J connectivity index is 1.89. The zero-order valence-corrected chi connectivity index (χ0v) is 15.9. The molecular formula is C16H20N4O7P+. The summed E-state index contributed by atoms with van der Waals surface area (Å²) in [6.07, 6.45) is 1.17. The van der Waals surface area contributed by atoms with Crippen LogP contribution in [-0.4, -0.2) is 58.5 Å². The van der Waals surface area contributed by atoms with Crippen LogP contribution in [0.3, 0.4) is 0 Å². The van der Waals surface area contributed by atoms with Gasteiger partial charge in [0.2, 0.25) is 0 Å². The van der Waals surface area contributed by atoms with E-state index in [2.05, 4.69) is 22.8 Å². The molecule has 12 heteroatoms. The summed E-state index contributed by atoms with van der Waals surface area (Å²) in [4.78, 5) is 34.0. The topological polar surface area (TPSA) is 138 Å². The molecule has 1 aromatic carbocycles. The number of hydrazone groups is 1. The number of urea groups is 1. The van der Waals surface area contributed by atoms with Crippen LogP contribution in [0.25, 0.3) is 5.76 Å². The van der Waals surface area contributed by atoms with Crippen LogP contribution in [0.15, 0.2) is 48.3 Å². The van der Waals surface area contributed by atoms with Gasteiger partial charge in [-0.2, -0.15) is 10.6 Å². The zero-order valence-electron chi connectivity index (χ0n) is 15.0. The zero-order chi connectivity index (χ0) is 20.7. The molecule has 3 amide bonds. The fourth-order valence-corrected chi connectivity index (χ4v) is 2.36. The molecule has 0 aromatic heterocycles. The van der Waals surface area contributed by atoms with Gasteiger partial charge in [0.05, 0.1) is 6.21 Å². The van der Waals surface area contributed by atoms with E-state index in [-0.39, 0.29) is 18.1 Å². The molecule has 11 nitrogen and oxygen atoms in total. The summed E-state index contributed by atoms with van der Waals surface area (Å²) in [5.74, 6) is -0.162. The van der Waals surface area contributed by atoms with Crippen molar-refractivity contribution in [3.05, 3.63) is 48.7 Å². The predicted molar refractivity (Wildman–Crippen MR) is 98.6 cm³/mol. The molecular weight excluding hydrogens is 391 g/mol. The first-order valence-corrected chi connectivity index (χ1v) is 8.94. The molecule has 1 heterocycles. The second kappa shape index (κ2) is 10.0. The third kappa shape index (κ3) is 5.67. The van der Waals surface area contributed by atoms with Crippen LogP contribution >= 0.6 is 8.60 Å². The van der Waals surface area contributed by atoms with E-state index in [0.29, 0.717) is 11.3 Å². The molecule has 2 rings (SSSR count). The predicted octanol–water partition coefficient (Wildman–Crippen LogP) is 0.861. The number of imide groups is 1. The van der Waals surface area contributed by atoms with E-state index in [0.717, 1.165) is 15.4 Å². The Bertz CT molecular complexity index is 784.